The molecule has 0 saturated carbocycles. The summed E-state index contributed by atoms with van der Waals surface area (Å²) < 4.78 is 48.8. The van der Waals surface area contributed by atoms with Crippen LogP contribution in [-0.4, -0.2) is 52.6 Å². The molecule has 11 heteroatoms. The number of hydrogen-bond donors (Lipinski definition) is 1. The van der Waals surface area contributed by atoms with Gasteiger partial charge in [-0.1, -0.05) is 43.6 Å². The minimum atomic E-state index is -4.80. The number of aliphatic carboxylic acids is 1. The first-order chi connectivity index (χ1) is 22.3. The van der Waals surface area contributed by atoms with Gasteiger partial charge in [-0.25, -0.2) is 4.79 Å². The highest BCUT2D eigenvalue weighted by Crippen LogP contribution is 2.45. The van der Waals surface area contributed by atoms with E-state index < -0.39 is 24.0 Å². The number of ether oxygens (including phenoxy) is 2. The van der Waals surface area contributed by atoms with E-state index in [1.54, 1.807) is 6.07 Å². The molecule has 0 bridgehead atoms. The summed E-state index contributed by atoms with van der Waals surface area (Å²) in [6.07, 6.45) is -3.31. The summed E-state index contributed by atoms with van der Waals surface area (Å²) >= 11 is 6.12. The number of fused-ring (bicyclic) bond motifs is 1. The van der Waals surface area contributed by atoms with E-state index in [2.05, 4.69) is 46.6 Å². The number of pyridine rings is 1. The van der Waals surface area contributed by atoms with Gasteiger partial charge in [0.05, 0.1) is 11.3 Å². The SMILES string of the molecule is Cc1nc(C)c(C(OC(C)(C)C)C(=O)O)c(N2CCC(C)(C)CC2)c1-c1ccc2c(c1)CCN(Cc1cc(Cl)cc(OC(F)(F)F)c1)C2. The molecule has 7 nitrogen and oxygen atoms in total. The molecule has 1 saturated heterocycles. The number of benzene rings is 2. The lowest BCUT2D eigenvalue weighted by Gasteiger charge is -2.41. The molecule has 5 rings (SSSR count). The lowest BCUT2D eigenvalue weighted by molar-refractivity contribution is -0.274. The number of anilines is 1. The number of nitrogens with zero attached hydrogens (tertiary/aromatic N) is 3. The van der Waals surface area contributed by atoms with Crippen molar-refractivity contribution in [3.05, 3.63) is 75.1 Å². The van der Waals surface area contributed by atoms with Crippen molar-refractivity contribution >= 4 is 23.3 Å². The van der Waals surface area contributed by atoms with Crippen molar-refractivity contribution in [2.75, 3.05) is 24.5 Å². The summed E-state index contributed by atoms with van der Waals surface area (Å²) in [5, 5.41) is 10.7. The number of hydrogen-bond acceptors (Lipinski definition) is 6. The molecule has 1 N–H and O–H groups in total. The van der Waals surface area contributed by atoms with Crippen LogP contribution in [-0.2, 0) is 29.0 Å². The molecule has 0 radical (unpaired) electrons. The molecule has 0 amide bonds. The minimum Gasteiger partial charge on any atom is -0.479 e. The maximum atomic E-state index is 12.8. The molecule has 2 aromatic carbocycles. The van der Waals surface area contributed by atoms with Crippen LogP contribution < -0.4 is 9.64 Å². The molecule has 0 aliphatic carbocycles. The summed E-state index contributed by atoms with van der Waals surface area (Å²) in [5.74, 6) is -1.38. The Morgan fingerprint density at radius 3 is 2.33 bits per heavy atom. The van der Waals surface area contributed by atoms with Crippen molar-refractivity contribution in [1.82, 2.24) is 9.88 Å². The van der Waals surface area contributed by atoms with Gasteiger partial charge in [-0.3, -0.25) is 9.88 Å². The van der Waals surface area contributed by atoms with Gasteiger partial charge >= 0.3 is 12.3 Å². The summed E-state index contributed by atoms with van der Waals surface area (Å²) in [7, 11) is 0. The van der Waals surface area contributed by atoms with Crippen LogP contribution in [0.2, 0.25) is 5.02 Å². The Morgan fingerprint density at radius 1 is 1.02 bits per heavy atom. The van der Waals surface area contributed by atoms with E-state index in [9.17, 15) is 23.1 Å². The molecule has 3 heterocycles. The summed E-state index contributed by atoms with van der Waals surface area (Å²) in [5.41, 5.74) is 7.25. The number of aryl methyl sites for hydroxylation is 2. The lowest BCUT2D eigenvalue weighted by atomic mass is 9.81. The standard InChI is InChI=1S/C37H45ClF3N3O4/c1-22-30(32(44-14-11-36(6,7)12-15-44)31(23(2)42-22)33(34(45)46)48-35(3,4)5)26-8-9-27-21-43(13-10-25(27)18-26)20-24-16-28(38)19-29(17-24)47-37(39,40)41/h8-9,16-19,33H,10-15,20-21H2,1-7H3,(H,45,46). The van der Waals surface area contributed by atoms with Crippen molar-refractivity contribution in [1.29, 1.82) is 0 Å². The van der Waals surface area contributed by atoms with Crippen LogP contribution >= 0.6 is 11.6 Å². The van der Waals surface area contributed by atoms with Crippen LogP contribution in [0.4, 0.5) is 18.9 Å². The van der Waals surface area contributed by atoms with E-state index in [-0.39, 0.29) is 16.2 Å². The molecule has 1 unspecified atom stereocenters. The monoisotopic (exact) mass is 687 g/mol. The zero-order chi connectivity index (χ0) is 35.2. The first-order valence-corrected chi connectivity index (χ1v) is 16.7. The van der Waals surface area contributed by atoms with Gasteiger partial charge in [-0.05, 0) is 99.7 Å². The minimum absolute atomic E-state index is 0.182. The van der Waals surface area contributed by atoms with Crippen LogP contribution in [0.3, 0.4) is 0 Å². The molecule has 1 fully saturated rings. The second-order valence-corrected chi connectivity index (χ2v) is 15.2. The Balaban J connectivity index is 1.51. The van der Waals surface area contributed by atoms with Gasteiger partial charge in [-0.15, -0.1) is 13.2 Å². The second-order valence-electron chi connectivity index (χ2n) is 14.8. The fourth-order valence-corrected chi connectivity index (χ4v) is 7.07. The fraction of sp³-hybridized carbons (Fsp3) is 0.514. The van der Waals surface area contributed by atoms with Crippen molar-refractivity contribution in [3.8, 4) is 16.9 Å². The van der Waals surface area contributed by atoms with E-state index in [1.807, 2.05) is 34.6 Å². The van der Waals surface area contributed by atoms with Gasteiger partial charge < -0.3 is 19.5 Å². The molecule has 0 spiro atoms. The normalized spacial score (nSPS) is 17.6. The van der Waals surface area contributed by atoms with Crippen LogP contribution in [0.25, 0.3) is 11.1 Å². The number of aromatic nitrogens is 1. The Kier molecular flexibility index (Phi) is 10.1. The molecule has 260 valence electrons. The first-order valence-electron chi connectivity index (χ1n) is 16.3. The Bertz CT molecular complexity index is 1680. The number of carbonyl (C=O) groups is 1. The van der Waals surface area contributed by atoms with Crippen LogP contribution in [0.5, 0.6) is 5.75 Å². The highest BCUT2D eigenvalue weighted by atomic mass is 35.5. The molecule has 48 heavy (non-hydrogen) atoms. The second kappa shape index (κ2) is 13.5. The summed E-state index contributed by atoms with van der Waals surface area (Å²) in [6.45, 7) is 17.3. The van der Waals surface area contributed by atoms with Crippen LogP contribution in [0, 0.1) is 19.3 Å². The molecule has 1 atom stereocenters. The van der Waals surface area contributed by atoms with E-state index in [0.29, 0.717) is 36.5 Å². The van der Waals surface area contributed by atoms with Crippen molar-refractivity contribution in [2.45, 2.75) is 98.9 Å². The highest BCUT2D eigenvalue weighted by molar-refractivity contribution is 6.30. The molecule has 1 aromatic heterocycles. The zero-order valence-corrected chi connectivity index (χ0v) is 29.5. The fourth-order valence-electron chi connectivity index (χ4n) is 6.82. The van der Waals surface area contributed by atoms with Crippen molar-refractivity contribution in [3.63, 3.8) is 0 Å². The van der Waals surface area contributed by atoms with Crippen LogP contribution in [0.1, 0.15) is 87.2 Å². The number of carboxylic acid groups (broad SMARTS) is 1. The third kappa shape index (κ3) is 8.62. The molecule has 3 aromatic rings. The van der Waals surface area contributed by atoms with Crippen molar-refractivity contribution in [2.24, 2.45) is 5.41 Å². The predicted octanol–water partition coefficient (Wildman–Crippen LogP) is 9.04. The highest BCUT2D eigenvalue weighted by Gasteiger charge is 2.37. The average Bonchev–Trinajstić information content (AvgIpc) is 2.94. The van der Waals surface area contributed by atoms with Crippen LogP contribution in [0.15, 0.2) is 36.4 Å². The number of alkyl halides is 3. The largest absolute Gasteiger partial charge is 0.573 e. The predicted molar refractivity (Wildman–Crippen MR) is 182 cm³/mol. The molecular formula is C37H45ClF3N3O4. The molecule has 2 aliphatic rings. The average molecular weight is 688 g/mol. The van der Waals surface area contributed by atoms with E-state index in [1.165, 1.54) is 11.6 Å². The first kappa shape index (κ1) is 36.0. The lowest BCUT2D eigenvalue weighted by Crippen LogP contribution is -2.39. The zero-order valence-electron chi connectivity index (χ0n) is 28.7. The summed E-state index contributed by atoms with van der Waals surface area (Å²) in [4.78, 5) is 22.2. The molecule has 2 aliphatic heterocycles. The van der Waals surface area contributed by atoms with Crippen molar-refractivity contribution < 1.29 is 32.5 Å². The Morgan fingerprint density at radius 2 is 1.71 bits per heavy atom. The number of rotatable bonds is 8. The van der Waals surface area contributed by atoms with Gasteiger partial charge in [0.25, 0.3) is 0 Å². The summed E-state index contributed by atoms with van der Waals surface area (Å²) in [6, 6.07) is 10.5. The quantitative estimate of drug-likeness (QED) is 0.253. The maximum Gasteiger partial charge on any atom is 0.573 e. The van der Waals surface area contributed by atoms with Gasteiger partial charge in [0.15, 0.2) is 6.10 Å². The van der Waals surface area contributed by atoms with Gasteiger partial charge in [-0.2, -0.15) is 0 Å². The van der Waals surface area contributed by atoms with Gasteiger partial charge in [0.2, 0.25) is 0 Å². The third-order valence-corrected chi connectivity index (χ3v) is 9.35. The van der Waals surface area contributed by atoms with E-state index in [0.717, 1.165) is 66.5 Å². The third-order valence-electron chi connectivity index (χ3n) is 9.13. The van der Waals surface area contributed by atoms with Gasteiger partial charge in [0, 0.05) is 60.3 Å². The topological polar surface area (TPSA) is 75.1 Å². The number of carboxylic acids is 1. The van der Waals surface area contributed by atoms with E-state index in [4.69, 9.17) is 21.3 Å². The van der Waals surface area contributed by atoms with Gasteiger partial charge in [0.1, 0.15) is 5.75 Å². The maximum absolute atomic E-state index is 12.8. The number of halogens is 4. The molecular weight excluding hydrogens is 643 g/mol. The Labute approximate surface area is 286 Å². The number of piperidine rings is 1. The Hall–Kier alpha value is -3.34. The van der Waals surface area contributed by atoms with E-state index >= 15 is 0 Å². The smallest absolute Gasteiger partial charge is 0.479 e.